The van der Waals surface area contributed by atoms with Gasteiger partial charge in [0, 0.05) is 19.3 Å². The van der Waals surface area contributed by atoms with Crippen molar-refractivity contribution in [1.82, 2.24) is 14.7 Å². The van der Waals surface area contributed by atoms with Crippen LogP contribution in [0.15, 0.2) is 41.4 Å². The molecule has 2 aromatic rings. The van der Waals surface area contributed by atoms with Crippen LogP contribution in [-0.4, -0.2) is 37.8 Å². The van der Waals surface area contributed by atoms with E-state index in [4.69, 9.17) is 0 Å². The Morgan fingerprint density at radius 1 is 1.15 bits per heavy atom. The first-order valence-corrected chi connectivity index (χ1v) is 9.64. The SMILES string of the molecule is O=S(=O)(NCc1ccnc(N2CCCC2)n1)c1ccccc1OC(F)(F)F. The molecule has 1 aromatic heterocycles. The van der Waals surface area contributed by atoms with Gasteiger partial charge in [-0.1, -0.05) is 12.1 Å². The second-order valence-electron chi connectivity index (χ2n) is 5.86. The Kier molecular flexibility index (Phi) is 5.51. The summed E-state index contributed by atoms with van der Waals surface area (Å²) in [4.78, 5) is 9.87. The maximum atomic E-state index is 12.5. The molecular formula is C16H17F3N4O3S. The van der Waals surface area contributed by atoms with E-state index in [1.807, 2.05) is 4.90 Å². The fraction of sp³-hybridized carbons (Fsp3) is 0.375. The number of anilines is 1. The number of hydrogen-bond donors (Lipinski definition) is 1. The summed E-state index contributed by atoms with van der Waals surface area (Å²) in [5.41, 5.74) is 0.407. The van der Waals surface area contributed by atoms with E-state index in [1.54, 1.807) is 6.07 Å². The van der Waals surface area contributed by atoms with Gasteiger partial charge >= 0.3 is 6.36 Å². The molecule has 0 bridgehead atoms. The molecule has 3 rings (SSSR count). The molecule has 146 valence electrons. The van der Waals surface area contributed by atoms with Gasteiger partial charge < -0.3 is 9.64 Å². The number of nitrogens with zero attached hydrogens (tertiary/aromatic N) is 3. The Balaban J connectivity index is 1.75. The van der Waals surface area contributed by atoms with Gasteiger partial charge in [0.25, 0.3) is 0 Å². The molecular weight excluding hydrogens is 385 g/mol. The van der Waals surface area contributed by atoms with E-state index < -0.39 is 27.0 Å². The summed E-state index contributed by atoms with van der Waals surface area (Å²) in [7, 11) is -4.24. The standard InChI is InChI=1S/C16H17F3N4O3S/c17-16(18,19)26-13-5-1-2-6-14(13)27(24,25)21-11-12-7-8-20-15(22-12)23-9-3-4-10-23/h1-2,5-8,21H,3-4,9-11H2. The zero-order valence-corrected chi connectivity index (χ0v) is 14.9. The number of nitrogens with one attached hydrogen (secondary N) is 1. The normalized spacial score (nSPS) is 15.1. The summed E-state index contributed by atoms with van der Waals surface area (Å²) in [5.74, 6) is -0.289. The third kappa shape index (κ3) is 5.07. The maximum Gasteiger partial charge on any atom is 0.573 e. The van der Waals surface area contributed by atoms with Gasteiger partial charge in [0.05, 0.1) is 12.2 Å². The van der Waals surface area contributed by atoms with Gasteiger partial charge in [-0.05, 0) is 31.0 Å². The van der Waals surface area contributed by atoms with Crippen molar-refractivity contribution in [1.29, 1.82) is 0 Å². The van der Waals surface area contributed by atoms with Crippen LogP contribution < -0.4 is 14.4 Å². The van der Waals surface area contributed by atoms with Gasteiger partial charge in [0.15, 0.2) is 0 Å². The second kappa shape index (κ2) is 7.69. The zero-order valence-electron chi connectivity index (χ0n) is 14.1. The third-order valence-electron chi connectivity index (χ3n) is 3.90. The number of aromatic nitrogens is 2. The Bertz CT molecular complexity index is 900. The minimum absolute atomic E-state index is 0.188. The Morgan fingerprint density at radius 2 is 1.85 bits per heavy atom. The number of alkyl halides is 3. The van der Waals surface area contributed by atoms with Crippen molar-refractivity contribution in [3.63, 3.8) is 0 Å². The van der Waals surface area contributed by atoms with E-state index in [0.29, 0.717) is 11.6 Å². The highest BCUT2D eigenvalue weighted by Gasteiger charge is 2.34. The minimum Gasteiger partial charge on any atom is -0.404 e. The summed E-state index contributed by atoms with van der Waals surface area (Å²) in [6.07, 6.45) is -1.40. The fourth-order valence-electron chi connectivity index (χ4n) is 2.68. The molecule has 2 heterocycles. The predicted molar refractivity (Wildman–Crippen MR) is 90.6 cm³/mol. The van der Waals surface area contributed by atoms with Gasteiger partial charge in [-0.3, -0.25) is 0 Å². The van der Waals surface area contributed by atoms with E-state index >= 15 is 0 Å². The lowest BCUT2D eigenvalue weighted by atomic mass is 10.3. The molecule has 1 fully saturated rings. The first kappa shape index (κ1) is 19.4. The predicted octanol–water partition coefficient (Wildman–Crippen LogP) is 2.45. The molecule has 0 unspecified atom stereocenters. The summed E-state index contributed by atoms with van der Waals surface area (Å²) >= 11 is 0. The van der Waals surface area contributed by atoms with Crippen LogP contribution >= 0.6 is 0 Å². The molecule has 1 aliphatic heterocycles. The van der Waals surface area contributed by atoms with Gasteiger partial charge in [0.1, 0.15) is 10.6 Å². The molecule has 1 N–H and O–H groups in total. The summed E-state index contributed by atoms with van der Waals surface area (Å²) in [5, 5.41) is 0. The molecule has 11 heteroatoms. The Labute approximate surface area is 154 Å². The molecule has 27 heavy (non-hydrogen) atoms. The lowest BCUT2D eigenvalue weighted by molar-refractivity contribution is -0.275. The van der Waals surface area contributed by atoms with E-state index in [0.717, 1.165) is 38.1 Å². The van der Waals surface area contributed by atoms with Crippen molar-refractivity contribution >= 4 is 16.0 Å². The number of rotatable bonds is 6. The lowest BCUT2D eigenvalue weighted by Crippen LogP contribution is -2.26. The average Bonchev–Trinajstić information content (AvgIpc) is 3.14. The van der Waals surface area contributed by atoms with E-state index in [-0.39, 0.29) is 6.54 Å². The van der Waals surface area contributed by atoms with Crippen LogP contribution in [-0.2, 0) is 16.6 Å². The molecule has 0 amide bonds. The molecule has 7 nitrogen and oxygen atoms in total. The van der Waals surface area contributed by atoms with Crippen LogP contribution in [0.3, 0.4) is 0 Å². The largest absolute Gasteiger partial charge is 0.573 e. The number of benzene rings is 1. The zero-order chi connectivity index (χ0) is 19.5. The smallest absolute Gasteiger partial charge is 0.404 e. The average molecular weight is 402 g/mol. The van der Waals surface area contributed by atoms with Crippen molar-refractivity contribution in [2.45, 2.75) is 30.6 Å². The topological polar surface area (TPSA) is 84.4 Å². The van der Waals surface area contributed by atoms with Gasteiger partial charge in [-0.25, -0.2) is 23.1 Å². The third-order valence-corrected chi connectivity index (χ3v) is 5.34. The monoisotopic (exact) mass is 402 g/mol. The number of hydrogen-bond acceptors (Lipinski definition) is 6. The van der Waals surface area contributed by atoms with Gasteiger partial charge in [0.2, 0.25) is 16.0 Å². The van der Waals surface area contributed by atoms with Crippen molar-refractivity contribution < 1.29 is 26.3 Å². The van der Waals surface area contributed by atoms with Crippen molar-refractivity contribution in [3.05, 3.63) is 42.2 Å². The van der Waals surface area contributed by atoms with Crippen LogP contribution in [0.5, 0.6) is 5.75 Å². The quantitative estimate of drug-likeness (QED) is 0.799. The second-order valence-corrected chi connectivity index (χ2v) is 7.60. The highest BCUT2D eigenvalue weighted by Crippen LogP contribution is 2.29. The number of sulfonamides is 1. The highest BCUT2D eigenvalue weighted by molar-refractivity contribution is 7.89. The number of halogens is 3. The number of ether oxygens (including phenoxy) is 1. The van der Waals surface area contributed by atoms with Gasteiger partial charge in [-0.2, -0.15) is 0 Å². The van der Waals surface area contributed by atoms with Crippen LogP contribution in [0.1, 0.15) is 18.5 Å². The van der Waals surface area contributed by atoms with Gasteiger partial charge in [-0.15, -0.1) is 13.2 Å². The Hall–Kier alpha value is -2.40. The summed E-state index contributed by atoms with van der Waals surface area (Å²) in [6.45, 7) is 1.47. The molecule has 0 radical (unpaired) electrons. The van der Waals surface area contributed by atoms with Crippen LogP contribution in [0, 0.1) is 0 Å². The van der Waals surface area contributed by atoms with Crippen molar-refractivity contribution in [2.75, 3.05) is 18.0 Å². The molecule has 0 atom stereocenters. The minimum atomic E-state index is -5.00. The van der Waals surface area contributed by atoms with Crippen LogP contribution in [0.25, 0.3) is 0 Å². The number of para-hydroxylation sites is 1. The van der Waals surface area contributed by atoms with E-state index in [2.05, 4.69) is 19.4 Å². The van der Waals surface area contributed by atoms with Crippen molar-refractivity contribution in [2.24, 2.45) is 0 Å². The molecule has 1 saturated heterocycles. The molecule has 0 spiro atoms. The van der Waals surface area contributed by atoms with E-state index in [9.17, 15) is 21.6 Å². The Morgan fingerprint density at radius 3 is 2.56 bits per heavy atom. The van der Waals surface area contributed by atoms with Crippen LogP contribution in [0.2, 0.25) is 0 Å². The molecule has 1 aromatic carbocycles. The summed E-state index contributed by atoms with van der Waals surface area (Å²) in [6, 6.07) is 6.10. The highest BCUT2D eigenvalue weighted by atomic mass is 32.2. The molecule has 1 aliphatic rings. The maximum absolute atomic E-state index is 12.5. The van der Waals surface area contributed by atoms with Crippen molar-refractivity contribution in [3.8, 4) is 5.75 Å². The van der Waals surface area contributed by atoms with Crippen LogP contribution in [0.4, 0.5) is 19.1 Å². The first-order chi connectivity index (χ1) is 12.7. The lowest BCUT2D eigenvalue weighted by Gasteiger charge is -2.16. The first-order valence-electron chi connectivity index (χ1n) is 8.16. The fourth-order valence-corrected chi connectivity index (χ4v) is 3.81. The summed E-state index contributed by atoms with van der Waals surface area (Å²) < 4.78 is 68.4. The molecule has 0 aliphatic carbocycles. The van der Waals surface area contributed by atoms with E-state index in [1.165, 1.54) is 18.3 Å². The molecule has 0 saturated carbocycles.